The minimum absolute atomic E-state index is 0.0149. The van der Waals surface area contributed by atoms with Crippen LogP contribution in [0.15, 0.2) is 54.9 Å². The van der Waals surface area contributed by atoms with E-state index in [-0.39, 0.29) is 12.1 Å². The summed E-state index contributed by atoms with van der Waals surface area (Å²) < 4.78 is 13.1. The van der Waals surface area contributed by atoms with Crippen molar-refractivity contribution in [1.29, 1.82) is 0 Å². The first-order valence-corrected chi connectivity index (χ1v) is 10.6. The van der Waals surface area contributed by atoms with E-state index in [2.05, 4.69) is 10.00 Å². The molecule has 1 saturated heterocycles. The fourth-order valence-corrected chi connectivity index (χ4v) is 4.42. The maximum Gasteiger partial charge on any atom is 0.153 e. The fraction of sp³-hybridized carbons (Fsp3) is 0.375. The van der Waals surface area contributed by atoms with Crippen LogP contribution < -0.4 is 9.47 Å². The molecule has 7 heteroatoms. The normalized spacial score (nSPS) is 19.5. The number of aromatic nitrogens is 3. The van der Waals surface area contributed by atoms with Gasteiger partial charge in [-0.3, -0.25) is 4.90 Å². The lowest BCUT2D eigenvalue weighted by Crippen LogP contribution is -2.38. The fourth-order valence-electron chi connectivity index (χ4n) is 4.42. The van der Waals surface area contributed by atoms with Crippen LogP contribution in [-0.2, 0) is 11.3 Å². The van der Waals surface area contributed by atoms with Crippen LogP contribution in [0.1, 0.15) is 43.0 Å². The molecule has 31 heavy (non-hydrogen) atoms. The maximum absolute atomic E-state index is 12.1. The Hall–Kier alpha value is -3.19. The molecule has 0 aliphatic carbocycles. The lowest BCUT2D eigenvalue weighted by Gasteiger charge is -2.35. The zero-order valence-electron chi connectivity index (χ0n) is 18.0. The Morgan fingerprint density at radius 2 is 1.77 bits per heavy atom. The van der Waals surface area contributed by atoms with Crippen LogP contribution >= 0.6 is 0 Å². The maximum atomic E-state index is 12.1. The third-order valence-electron chi connectivity index (χ3n) is 5.89. The number of carbonyl (C=O) groups excluding carboxylic acids is 1. The quantitative estimate of drug-likeness (QED) is 0.539. The number of pyridine rings is 1. The van der Waals surface area contributed by atoms with E-state index in [1.165, 1.54) is 0 Å². The van der Waals surface area contributed by atoms with Crippen molar-refractivity contribution in [3.05, 3.63) is 66.1 Å². The highest BCUT2D eigenvalue weighted by Gasteiger charge is 2.33. The molecule has 1 fully saturated rings. The molecule has 0 N–H and O–H groups in total. The summed E-state index contributed by atoms with van der Waals surface area (Å²) in [6.45, 7) is 0.546. The number of aldehydes is 1. The highest BCUT2D eigenvalue weighted by molar-refractivity contribution is 5.58. The van der Waals surface area contributed by atoms with Crippen molar-refractivity contribution in [2.24, 2.45) is 0 Å². The molecule has 4 rings (SSSR count). The van der Waals surface area contributed by atoms with Crippen molar-refractivity contribution in [2.45, 2.75) is 44.3 Å². The Bertz CT molecular complexity index is 984. The van der Waals surface area contributed by atoms with E-state index < -0.39 is 0 Å². The van der Waals surface area contributed by atoms with Gasteiger partial charge < -0.3 is 14.3 Å². The molecular formula is C24H28N4O3. The van der Waals surface area contributed by atoms with E-state index in [0.29, 0.717) is 6.54 Å². The number of nitrogens with zero attached hydrogens (tertiary/aromatic N) is 4. The number of benzene rings is 1. The van der Waals surface area contributed by atoms with E-state index in [4.69, 9.17) is 14.5 Å². The van der Waals surface area contributed by atoms with E-state index in [0.717, 1.165) is 60.5 Å². The van der Waals surface area contributed by atoms with Gasteiger partial charge >= 0.3 is 0 Å². The van der Waals surface area contributed by atoms with Gasteiger partial charge in [0.05, 0.1) is 31.5 Å². The van der Waals surface area contributed by atoms with Gasteiger partial charge in [-0.1, -0.05) is 25.0 Å². The van der Waals surface area contributed by atoms with Crippen LogP contribution in [0, 0.1) is 0 Å². The van der Waals surface area contributed by atoms with Crippen LogP contribution in [0.4, 0.5) is 0 Å². The third-order valence-corrected chi connectivity index (χ3v) is 5.89. The molecule has 7 nitrogen and oxygen atoms in total. The van der Waals surface area contributed by atoms with Gasteiger partial charge in [0.25, 0.3) is 0 Å². The molecule has 3 heterocycles. The average molecular weight is 421 g/mol. The molecule has 0 bridgehead atoms. The van der Waals surface area contributed by atoms with Crippen LogP contribution in [-0.4, -0.2) is 46.2 Å². The lowest BCUT2D eigenvalue weighted by molar-refractivity contribution is -0.113. The smallest absolute Gasteiger partial charge is 0.153 e. The van der Waals surface area contributed by atoms with Crippen molar-refractivity contribution in [3.8, 4) is 17.3 Å². The summed E-state index contributed by atoms with van der Waals surface area (Å²) in [6.07, 6.45) is 8.46. The van der Waals surface area contributed by atoms with Gasteiger partial charge in [0, 0.05) is 25.0 Å². The van der Waals surface area contributed by atoms with Gasteiger partial charge in [-0.05, 0) is 43.2 Å². The number of likely N-dealkylation sites (tertiary alicyclic amines) is 1. The van der Waals surface area contributed by atoms with Crippen LogP contribution in [0.2, 0.25) is 0 Å². The summed E-state index contributed by atoms with van der Waals surface area (Å²) >= 11 is 0. The summed E-state index contributed by atoms with van der Waals surface area (Å²) in [5.74, 6) is 2.31. The van der Waals surface area contributed by atoms with Crippen molar-refractivity contribution < 1.29 is 14.3 Å². The molecule has 0 spiro atoms. The highest BCUT2D eigenvalue weighted by atomic mass is 16.5. The number of hydrogen-bond acceptors (Lipinski definition) is 6. The van der Waals surface area contributed by atoms with Gasteiger partial charge in [0.15, 0.2) is 5.82 Å². The highest BCUT2D eigenvalue weighted by Crippen LogP contribution is 2.42. The topological polar surface area (TPSA) is 69.5 Å². The molecule has 0 amide bonds. The summed E-state index contributed by atoms with van der Waals surface area (Å²) in [5.41, 5.74) is 1.88. The van der Waals surface area contributed by atoms with Crippen molar-refractivity contribution in [3.63, 3.8) is 0 Å². The largest absolute Gasteiger partial charge is 0.496 e. The zero-order chi connectivity index (χ0) is 21.6. The summed E-state index contributed by atoms with van der Waals surface area (Å²) in [7, 11) is 3.34. The Labute approximate surface area is 182 Å². The average Bonchev–Trinajstić information content (AvgIpc) is 3.28. The number of carbonyl (C=O) groups is 1. The second-order valence-corrected chi connectivity index (χ2v) is 7.69. The molecule has 1 aliphatic rings. The van der Waals surface area contributed by atoms with E-state index in [1.54, 1.807) is 25.1 Å². The third kappa shape index (κ3) is 4.46. The van der Waals surface area contributed by atoms with Crippen LogP contribution in [0.3, 0.4) is 0 Å². The molecule has 1 aromatic carbocycles. The molecule has 1 aliphatic heterocycles. The number of rotatable bonds is 7. The predicted octanol–water partition coefficient (Wildman–Crippen LogP) is 3.97. The molecule has 0 saturated carbocycles. The van der Waals surface area contributed by atoms with Gasteiger partial charge in [-0.2, -0.15) is 5.10 Å². The second-order valence-electron chi connectivity index (χ2n) is 7.69. The monoisotopic (exact) mass is 420 g/mol. The Balaban J connectivity index is 1.74. The summed E-state index contributed by atoms with van der Waals surface area (Å²) in [5, 5.41) is 4.28. The van der Waals surface area contributed by atoms with Crippen LogP contribution in [0.5, 0.6) is 11.5 Å². The summed E-state index contributed by atoms with van der Waals surface area (Å²) in [6, 6.07) is 13.4. The number of ether oxygens (including phenoxy) is 2. The molecule has 2 unspecified atom stereocenters. The van der Waals surface area contributed by atoms with Gasteiger partial charge in [-0.15, -0.1) is 0 Å². The van der Waals surface area contributed by atoms with Crippen LogP contribution in [0.25, 0.3) is 5.82 Å². The number of hydrogen-bond donors (Lipinski definition) is 0. The van der Waals surface area contributed by atoms with E-state index >= 15 is 0 Å². The Morgan fingerprint density at radius 1 is 1.03 bits per heavy atom. The molecule has 2 atom stereocenters. The van der Waals surface area contributed by atoms with Gasteiger partial charge in [0.1, 0.15) is 17.8 Å². The first-order chi connectivity index (χ1) is 15.2. The molecule has 3 aromatic rings. The second kappa shape index (κ2) is 9.75. The first kappa shape index (κ1) is 21.1. The van der Waals surface area contributed by atoms with Crippen molar-refractivity contribution in [2.75, 3.05) is 14.2 Å². The van der Waals surface area contributed by atoms with Gasteiger partial charge in [-0.25, -0.2) is 9.67 Å². The molecule has 162 valence electrons. The predicted molar refractivity (Wildman–Crippen MR) is 118 cm³/mol. The molecule has 0 radical (unpaired) electrons. The van der Waals surface area contributed by atoms with Crippen molar-refractivity contribution in [1.82, 2.24) is 19.7 Å². The lowest BCUT2D eigenvalue weighted by atomic mass is 9.97. The number of methoxy groups -OCH3 is 2. The van der Waals surface area contributed by atoms with Gasteiger partial charge in [0.2, 0.25) is 0 Å². The van der Waals surface area contributed by atoms with Crippen molar-refractivity contribution >= 4 is 6.29 Å². The molecular weight excluding hydrogens is 392 g/mol. The molecule has 2 aromatic heterocycles. The minimum Gasteiger partial charge on any atom is -0.496 e. The zero-order valence-corrected chi connectivity index (χ0v) is 18.0. The SMILES string of the molecule is COc1cccc(OC)c1C1CCCCC(C=O)N1Cc1cccc(-n2cccn2)n1. The standard InChI is InChI=1S/C24H28N4O3/c1-30-21-11-6-12-22(31-2)24(21)20-10-4-3-9-19(17-29)27(20)16-18-8-5-13-23(26-18)28-15-7-14-25-28/h5-8,11-15,17,19-20H,3-4,9-10,16H2,1-2H3. The first-order valence-electron chi connectivity index (χ1n) is 10.6. The van der Waals surface area contributed by atoms with E-state index in [9.17, 15) is 4.79 Å². The minimum atomic E-state index is -0.197. The summed E-state index contributed by atoms with van der Waals surface area (Å²) in [4.78, 5) is 19.2. The van der Waals surface area contributed by atoms with E-state index in [1.807, 2.05) is 48.7 Å². The Morgan fingerprint density at radius 3 is 2.45 bits per heavy atom. The Kier molecular flexibility index (Phi) is 6.62.